The molecule has 2 aromatic carbocycles. The SMILES string of the molecule is COC(=O)c1ccc(Cl)c(NC(=O)Cc2nc(-c3ccccc3C)no2)c1. The van der Waals surface area contributed by atoms with Crippen LogP contribution in [-0.2, 0) is 16.0 Å². The highest BCUT2D eigenvalue weighted by molar-refractivity contribution is 6.33. The molecule has 0 aliphatic heterocycles. The minimum Gasteiger partial charge on any atom is -0.465 e. The van der Waals surface area contributed by atoms with Crippen molar-refractivity contribution in [3.05, 3.63) is 64.5 Å². The van der Waals surface area contributed by atoms with E-state index in [1.54, 1.807) is 0 Å². The maximum Gasteiger partial charge on any atom is 0.337 e. The summed E-state index contributed by atoms with van der Waals surface area (Å²) in [7, 11) is 1.27. The summed E-state index contributed by atoms with van der Waals surface area (Å²) < 4.78 is 9.82. The van der Waals surface area contributed by atoms with Crippen molar-refractivity contribution in [1.82, 2.24) is 10.1 Å². The molecule has 1 N–H and O–H groups in total. The molecule has 8 heteroatoms. The van der Waals surface area contributed by atoms with Crippen LogP contribution in [-0.4, -0.2) is 29.1 Å². The van der Waals surface area contributed by atoms with Gasteiger partial charge in [0.25, 0.3) is 0 Å². The maximum atomic E-state index is 12.3. The molecule has 0 spiro atoms. The highest BCUT2D eigenvalue weighted by atomic mass is 35.5. The summed E-state index contributed by atoms with van der Waals surface area (Å²) in [6.07, 6.45) is -0.127. The topological polar surface area (TPSA) is 94.3 Å². The molecule has 7 nitrogen and oxygen atoms in total. The van der Waals surface area contributed by atoms with Gasteiger partial charge in [0.15, 0.2) is 0 Å². The number of nitrogens with zero attached hydrogens (tertiary/aromatic N) is 2. The molecule has 0 saturated heterocycles. The minimum absolute atomic E-state index is 0.127. The average molecular weight is 386 g/mol. The number of anilines is 1. The van der Waals surface area contributed by atoms with Crippen molar-refractivity contribution in [2.75, 3.05) is 12.4 Å². The van der Waals surface area contributed by atoms with Crippen LogP contribution >= 0.6 is 11.6 Å². The minimum atomic E-state index is -0.526. The first-order valence-electron chi connectivity index (χ1n) is 8.04. The first-order valence-corrected chi connectivity index (χ1v) is 8.42. The summed E-state index contributed by atoms with van der Waals surface area (Å²) >= 11 is 6.07. The van der Waals surface area contributed by atoms with E-state index in [1.165, 1.54) is 25.3 Å². The zero-order chi connectivity index (χ0) is 19.4. The summed E-state index contributed by atoms with van der Waals surface area (Å²) in [5.74, 6) is -0.339. The fourth-order valence-corrected chi connectivity index (χ4v) is 2.62. The van der Waals surface area contributed by atoms with Gasteiger partial charge < -0.3 is 14.6 Å². The van der Waals surface area contributed by atoms with Gasteiger partial charge in [0.2, 0.25) is 17.6 Å². The van der Waals surface area contributed by atoms with Crippen molar-refractivity contribution in [2.24, 2.45) is 0 Å². The van der Waals surface area contributed by atoms with Crippen LogP contribution in [0.4, 0.5) is 5.69 Å². The predicted octanol–water partition coefficient (Wildman–Crippen LogP) is 3.67. The van der Waals surface area contributed by atoms with Crippen LogP contribution in [0.2, 0.25) is 5.02 Å². The molecule has 0 saturated carbocycles. The van der Waals surface area contributed by atoms with Gasteiger partial charge in [0.1, 0.15) is 6.42 Å². The van der Waals surface area contributed by atoms with Crippen molar-refractivity contribution in [1.29, 1.82) is 0 Å². The Kier molecular flexibility index (Phi) is 5.52. The number of ether oxygens (including phenoxy) is 1. The van der Waals surface area contributed by atoms with Crippen molar-refractivity contribution in [3.8, 4) is 11.4 Å². The number of nitrogens with one attached hydrogen (secondary N) is 1. The Balaban J connectivity index is 1.72. The first kappa shape index (κ1) is 18.6. The highest BCUT2D eigenvalue weighted by Crippen LogP contribution is 2.24. The fraction of sp³-hybridized carbons (Fsp3) is 0.158. The first-order chi connectivity index (χ1) is 13.0. The average Bonchev–Trinajstić information content (AvgIpc) is 3.11. The second kappa shape index (κ2) is 8.01. The molecule has 0 atom stereocenters. The summed E-state index contributed by atoms with van der Waals surface area (Å²) in [5.41, 5.74) is 2.41. The monoisotopic (exact) mass is 385 g/mol. The lowest BCUT2D eigenvalue weighted by atomic mass is 10.1. The van der Waals surface area contributed by atoms with Crippen molar-refractivity contribution in [3.63, 3.8) is 0 Å². The Morgan fingerprint density at radius 2 is 2.00 bits per heavy atom. The second-order valence-corrected chi connectivity index (χ2v) is 6.15. The molecule has 0 radical (unpaired) electrons. The second-order valence-electron chi connectivity index (χ2n) is 5.74. The van der Waals surface area contributed by atoms with E-state index in [0.717, 1.165) is 11.1 Å². The van der Waals surface area contributed by atoms with E-state index in [2.05, 4.69) is 20.2 Å². The summed E-state index contributed by atoms with van der Waals surface area (Å²) in [4.78, 5) is 28.1. The molecule has 0 aliphatic rings. The van der Waals surface area contributed by atoms with Gasteiger partial charge in [-0.25, -0.2) is 4.79 Å². The lowest BCUT2D eigenvalue weighted by Crippen LogP contribution is -2.15. The van der Waals surface area contributed by atoms with Crippen LogP contribution in [0.1, 0.15) is 21.8 Å². The number of hydrogen-bond acceptors (Lipinski definition) is 6. The lowest BCUT2D eigenvalue weighted by molar-refractivity contribution is -0.115. The van der Waals surface area contributed by atoms with Gasteiger partial charge >= 0.3 is 5.97 Å². The molecular formula is C19H16ClN3O4. The number of rotatable bonds is 5. The zero-order valence-corrected chi connectivity index (χ0v) is 15.4. The van der Waals surface area contributed by atoms with Gasteiger partial charge in [-0.2, -0.15) is 4.98 Å². The normalized spacial score (nSPS) is 10.5. The smallest absolute Gasteiger partial charge is 0.337 e. The van der Waals surface area contributed by atoms with Crippen molar-refractivity contribution in [2.45, 2.75) is 13.3 Å². The van der Waals surface area contributed by atoms with E-state index >= 15 is 0 Å². The fourth-order valence-electron chi connectivity index (χ4n) is 2.46. The van der Waals surface area contributed by atoms with Gasteiger partial charge in [-0.15, -0.1) is 0 Å². The van der Waals surface area contributed by atoms with Crippen LogP contribution in [0.5, 0.6) is 0 Å². The highest BCUT2D eigenvalue weighted by Gasteiger charge is 2.16. The van der Waals surface area contributed by atoms with Gasteiger partial charge in [0.05, 0.1) is 23.4 Å². The van der Waals surface area contributed by atoms with E-state index in [-0.39, 0.29) is 17.9 Å². The number of carbonyl (C=O) groups is 2. The number of aryl methyl sites for hydroxylation is 1. The van der Waals surface area contributed by atoms with Crippen LogP contribution < -0.4 is 5.32 Å². The molecule has 3 rings (SSSR count). The number of methoxy groups -OCH3 is 1. The number of hydrogen-bond donors (Lipinski definition) is 1. The van der Waals surface area contributed by atoms with Crippen molar-refractivity contribution < 1.29 is 18.8 Å². The Morgan fingerprint density at radius 3 is 2.74 bits per heavy atom. The third-order valence-corrected chi connectivity index (χ3v) is 4.16. The van der Waals surface area contributed by atoms with Crippen LogP contribution in [0.3, 0.4) is 0 Å². The molecule has 3 aromatic rings. The van der Waals surface area contributed by atoms with E-state index in [1.807, 2.05) is 31.2 Å². The third kappa shape index (κ3) is 4.32. The molecule has 1 aromatic heterocycles. The quantitative estimate of drug-likeness (QED) is 0.673. The Labute approximate surface area is 160 Å². The number of amides is 1. The number of halogens is 1. The zero-order valence-electron chi connectivity index (χ0n) is 14.7. The number of esters is 1. The van der Waals surface area contributed by atoms with Gasteiger partial charge in [-0.1, -0.05) is 41.0 Å². The van der Waals surface area contributed by atoms with E-state index in [9.17, 15) is 9.59 Å². The van der Waals surface area contributed by atoms with Crippen LogP contribution in [0.15, 0.2) is 47.0 Å². The molecule has 0 bridgehead atoms. The van der Waals surface area contributed by atoms with E-state index in [4.69, 9.17) is 16.1 Å². The molecule has 1 amide bonds. The van der Waals surface area contributed by atoms with E-state index < -0.39 is 11.9 Å². The van der Waals surface area contributed by atoms with Crippen LogP contribution in [0.25, 0.3) is 11.4 Å². The Hall–Kier alpha value is -3.19. The van der Waals surface area contributed by atoms with E-state index in [0.29, 0.717) is 16.5 Å². The van der Waals surface area contributed by atoms with Crippen molar-refractivity contribution >= 4 is 29.2 Å². The van der Waals surface area contributed by atoms with Crippen LogP contribution in [0, 0.1) is 6.92 Å². The lowest BCUT2D eigenvalue weighted by Gasteiger charge is -2.08. The van der Waals surface area contributed by atoms with Gasteiger partial charge in [-0.05, 0) is 30.7 Å². The molecule has 27 heavy (non-hydrogen) atoms. The predicted molar refractivity (Wildman–Crippen MR) is 99.6 cm³/mol. The number of carbonyl (C=O) groups excluding carboxylic acids is 2. The molecule has 0 fully saturated rings. The summed E-state index contributed by atoms with van der Waals surface area (Å²) in [6.45, 7) is 1.94. The summed E-state index contributed by atoms with van der Waals surface area (Å²) in [6, 6.07) is 12.1. The Morgan fingerprint density at radius 1 is 1.22 bits per heavy atom. The molecule has 1 heterocycles. The molecule has 138 valence electrons. The summed E-state index contributed by atoms with van der Waals surface area (Å²) in [5, 5.41) is 6.85. The van der Waals surface area contributed by atoms with Gasteiger partial charge in [0, 0.05) is 5.56 Å². The number of benzene rings is 2. The molecule has 0 unspecified atom stereocenters. The molecular weight excluding hydrogens is 370 g/mol. The molecule has 0 aliphatic carbocycles. The third-order valence-electron chi connectivity index (χ3n) is 3.83. The largest absolute Gasteiger partial charge is 0.465 e. The number of aromatic nitrogens is 2. The standard InChI is InChI=1S/C19H16ClN3O4/c1-11-5-3-4-6-13(11)18-22-17(27-23-18)10-16(24)21-15-9-12(19(25)26-2)7-8-14(15)20/h3-9H,10H2,1-2H3,(H,21,24). The Bertz CT molecular complexity index is 1000. The van der Waals surface area contributed by atoms with Gasteiger partial charge in [-0.3, -0.25) is 4.79 Å². The maximum absolute atomic E-state index is 12.3.